The third kappa shape index (κ3) is 2.69. The van der Waals surface area contributed by atoms with Crippen molar-refractivity contribution in [2.45, 2.75) is 12.5 Å². The highest BCUT2D eigenvalue weighted by Gasteiger charge is 2.31. The number of nitrogens with zero attached hydrogens (tertiary/aromatic N) is 2. The molecule has 2 aromatic rings. The van der Waals surface area contributed by atoms with Gasteiger partial charge in [0.05, 0.1) is 27.7 Å². The van der Waals surface area contributed by atoms with Crippen LogP contribution < -0.4 is 5.73 Å². The Hall–Kier alpha value is -1.41. The summed E-state index contributed by atoms with van der Waals surface area (Å²) in [7, 11) is -3.03. The summed E-state index contributed by atoms with van der Waals surface area (Å²) in [6, 6.07) is 6.20. The number of hydrogen-bond donors (Lipinski definition) is 1. The first-order valence-corrected chi connectivity index (χ1v) is 8.98. The van der Waals surface area contributed by atoms with Crippen LogP contribution in [0.2, 0.25) is 0 Å². The molecular weight excluding hydrogens is 361 g/mol. The van der Waals surface area contributed by atoms with E-state index < -0.39 is 15.7 Å². The first-order valence-electron chi connectivity index (χ1n) is 6.37. The van der Waals surface area contributed by atoms with E-state index in [9.17, 15) is 12.8 Å². The molecule has 0 saturated carbocycles. The first-order chi connectivity index (χ1) is 9.87. The zero-order valence-electron chi connectivity index (χ0n) is 11.0. The Morgan fingerprint density at radius 2 is 2.19 bits per heavy atom. The molecule has 1 aromatic heterocycles. The third-order valence-electron chi connectivity index (χ3n) is 3.55. The maximum Gasteiger partial charge on any atom is 0.152 e. The van der Waals surface area contributed by atoms with Gasteiger partial charge in [0.1, 0.15) is 11.6 Å². The van der Waals surface area contributed by atoms with Crippen LogP contribution in [0.5, 0.6) is 0 Å². The topological polar surface area (TPSA) is 78.0 Å². The number of halogens is 2. The van der Waals surface area contributed by atoms with Crippen LogP contribution in [0.3, 0.4) is 0 Å². The SMILES string of the molecule is Nc1cc(-c2cccc(Br)c2F)nn1C1CCS(=O)(=O)C1. The molecule has 1 unspecified atom stereocenters. The zero-order valence-corrected chi connectivity index (χ0v) is 13.4. The molecular formula is C13H13BrFN3O2S. The number of anilines is 1. The van der Waals surface area contributed by atoms with Crippen LogP contribution in [0, 0.1) is 5.82 Å². The van der Waals surface area contributed by atoms with Crippen LogP contribution in [0.25, 0.3) is 11.3 Å². The summed E-state index contributed by atoms with van der Waals surface area (Å²) in [5.74, 6) is 0.0873. The number of nitrogen functional groups attached to an aromatic ring is 1. The molecule has 1 aromatic carbocycles. The van der Waals surface area contributed by atoms with Crippen molar-refractivity contribution >= 4 is 31.6 Å². The highest BCUT2D eigenvalue weighted by Crippen LogP contribution is 2.31. The number of hydrogen-bond acceptors (Lipinski definition) is 4. The summed E-state index contributed by atoms with van der Waals surface area (Å²) in [4.78, 5) is 0. The van der Waals surface area contributed by atoms with E-state index in [1.54, 1.807) is 24.3 Å². The highest BCUT2D eigenvalue weighted by atomic mass is 79.9. The van der Waals surface area contributed by atoms with E-state index in [0.717, 1.165) is 0 Å². The molecule has 0 bridgehead atoms. The van der Waals surface area contributed by atoms with Crippen LogP contribution in [0.15, 0.2) is 28.7 Å². The highest BCUT2D eigenvalue weighted by molar-refractivity contribution is 9.10. The van der Waals surface area contributed by atoms with Gasteiger partial charge in [-0.05, 0) is 34.5 Å². The number of aromatic nitrogens is 2. The quantitative estimate of drug-likeness (QED) is 0.876. The maximum atomic E-state index is 14.1. The lowest BCUT2D eigenvalue weighted by Crippen LogP contribution is -2.14. The van der Waals surface area contributed by atoms with Gasteiger partial charge in [0.2, 0.25) is 0 Å². The van der Waals surface area contributed by atoms with Crippen molar-refractivity contribution in [2.75, 3.05) is 17.2 Å². The molecule has 21 heavy (non-hydrogen) atoms. The summed E-state index contributed by atoms with van der Waals surface area (Å²) < 4.78 is 39.0. The monoisotopic (exact) mass is 373 g/mol. The molecule has 2 N–H and O–H groups in total. The Kier molecular flexibility index (Phi) is 3.53. The van der Waals surface area contributed by atoms with E-state index in [0.29, 0.717) is 28.0 Å². The predicted octanol–water partition coefficient (Wildman–Crippen LogP) is 2.39. The van der Waals surface area contributed by atoms with E-state index in [1.165, 1.54) is 4.68 Å². The molecule has 1 saturated heterocycles. The Morgan fingerprint density at radius 3 is 2.86 bits per heavy atom. The second-order valence-corrected chi connectivity index (χ2v) is 8.14. The van der Waals surface area contributed by atoms with E-state index in [1.807, 2.05) is 0 Å². The lowest BCUT2D eigenvalue weighted by molar-refractivity contribution is 0.507. The molecule has 0 amide bonds. The molecule has 1 atom stereocenters. The largest absolute Gasteiger partial charge is 0.384 e. The van der Waals surface area contributed by atoms with Crippen molar-refractivity contribution in [3.8, 4) is 11.3 Å². The van der Waals surface area contributed by atoms with Crippen LogP contribution in [-0.4, -0.2) is 29.7 Å². The average Bonchev–Trinajstić information content (AvgIpc) is 2.95. The van der Waals surface area contributed by atoms with Gasteiger partial charge >= 0.3 is 0 Å². The molecule has 0 aliphatic carbocycles. The van der Waals surface area contributed by atoms with Gasteiger partial charge in [-0.1, -0.05) is 6.07 Å². The van der Waals surface area contributed by atoms with Gasteiger partial charge in [0, 0.05) is 11.6 Å². The lowest BCUT2D eigenvalue weighted by atomic mass is 10.1. The third-order valence-corrected chi connectivity index (χ3v) is 5.91. The number of benzene rings is 1. The molecule has 1 aliphatic rings. The van der Waals surface area contributed by atoms with Gasteiger partial charge in [-0.3, -0.25) is 0 Å². The van der Waals surface area contributed by atoms with E-state index >= 15 is 0 Å². The minimum absolute atomic E-state index is 0.0271. The van der Waals surface area contributed by atoms with Gasteiger partial charge in [-0.25, -0.2) is 17.5 Å². The first kappa shape index (κ1) is 14.5. The molecule has 112 valence electrons. The summed E-state index contributed by atoms with van der Waals surface area (Å²) in [6.45, 7) is 0. The van der Waals surface area contributed by atoms with E-state index in [2.05, 4.69) is 21.0 Å². The minimum Gasteiger partial charge on any atom is -0.384 e. The molecule has 0 radical (unpaired) electrons. The molecule has 1 aliphatic heterocycles. The summed E-state index contributed by atoms with van der Waals surface area (Å²) in [6.07, 6.45) is 0.481. The summed E-state index contributed by atoms with van der Waals surface area (Å²) in [5, 5.41) is 4.30. The fraction of sp³-hybridized carbons (Fsp3) is 0.308. The Labute approximate surface area is 130 Å². The van der Waals surface area contributed by atoms with Crippen molar-refractivity contribution in [3.63, 3.8) is 0 Å². The fourth-order valence-electron chi connectivity index (χ4n) is 2.50. The number of nitrogens with two attached hydrogens (primary N) is 1. The minimum atomic E-state index is -3.03. The van der Waals surface area contributed by atoms with Gasteiger partial charge in [0.25, 0.3) is 0 Å². The second-order valence-electron chi connectivity index (χ2n) is 5.06. The van der Waals surface area contributed by atoms with Gasteiger partial charge in [-0.15, -0.1) is 0 Å². The van der Waals surface area contributed by atoms with Gasteiger partial charge < -0.3 is 5.73 Å². The van der Waals surface area contributed by atoms with Crippen molar-refractivity contribution in [3.05, 3.63) is 34.6 Å². The van der Waals surface area contributed by atoms with Crippen LogP contribution >= 0.6 is 15.9 Å². The Balaban J connectivity index is 2.01. The summed E-state index contributed by atoms with van der Waals surface area (Å²) in [5.41, 5.74) is 6.63. The molecule has 1 fully saturated rings. The lowest BCUT2D eigenvalue weighted by Gasteiger charge is -2.10. The van der Waals surface area contributed by atoms with Crippen molar-refractivity contribution < 1.29 is 12.8 Å². The Bertz CT molecular complexity index is 804. The van der Waals surface area contributed by atoms with Crippen LogP contribution in [-0.2, 0) is 9.84 Å². The molecule has 0 spiro atoms. The van der Waals surface area contributed by atoms with Gasteiger partial charge in [0.15, 0.2) is 9.84 Å². The van der Waals surface area contributed by atoms with Crippen molar-refractivity contribution in [2.24, 2.45) is 0 Å². The van der Waals surface area contributed by atoms with E-state index in [-0.39, 0.29) is 17.5 Å². The second kappa shape index (κ2) is 5.10. The molecule has 3 rings (SSSR count). The van der Waals surface area contributed by atoms with Crippen LogP contribution in [0.1, 0.15) is 12.5 Å². The molecule has 2 heterocycles. The van der Waals surface area contributed by atoms with Crippen LogP contribution in [0.4, 0.5) is 10.2 Å². The Morgan fingerprint density at radius 1 is 1.43 bits per heavy atom. The zero-order chi connectivity index (χ0) is 15.2. The normalized spacial score (nSPS) is 20.8. The van der Waals surface area contributed by atoms with Crippen molar-refractivity contribution in [1.82, 2.24) is 9.78 Å². The predicted molar refractivity (Wildman–Crippen MR) is 82.0 cm³/mol. The maximum absolute atomic E-state index is 14.1. The molecule has 5 nitrogen and oxygen atoms in total. The number of rotatable bonds is 2. The smallest absolute Gasteiger partial charge is 0.152 e. The van der Waals surface area contributed by atoms with E-state index in [4.69, 9.17) is 5.73 Å². The average molecular weight is 374 g/mol. The van der Waals surface area contributed by atoms with Gasteiger partial charge in [-0.2, -0.15) is 5.10 Å². The van der Waals surface area contributed by atoms with Crippen molar-refractivity contribution in [1.29, 1.82) is 0 Å². The fourth-order valence-corrected chi connectivity index (χ4v) is 4.56. The standard InChI is InChI=1S/C13H13BrFN3O2S/c14-10-3-1-2-9(13(10)15)11-6-12(16)18(17-11)8-4-5-21(19,20)7-8/h1-3,6,8H,4-5,7,16H2. The number of sulfone groups is 1. The summed E-state index contributed by atoms with van der Waals surface area (Å²) >= 11 is 3.13. The molecule has 8 heteroatoms.